The minimum Gasteiger partial charge on any atom is -0.307 e. The van der Waals surface area contributed by atoms with Gasteiger partial charge in [0.15, 0.2) is 0 Å². The van der Waals surface area contributed by atoms with Gasteiger partial charge in [-0.25, -0.2) is 8.78 Å². The maximum absolute atomic E-state index is 13.8. The van der Waals surface area contributed by atoms with E-state index in [9.17, 15) is 8.78 Å². The second-order valence-corrected chi connectivity index (χ2v) is 6.32. The van der Waals surface area contributed by atoms with E-state index >= 15 is 0 Å². The first-order valence-corrected chi connectivity index (χ1v) is 7.70. The molecule has 1 saturated carbocycles. The summed E-state index contributed by atoms with van der Waals surface area (Å²) in [5, 5.41) is 3.47. The van der Waals surface area contributed by atoms with Crippen molar-refractivity contribution in [2.24, 2.45) is 11.8 Å². The monoisotopic (exact) mass is 281 g/mol. The fourth-order valence-electron chi connectivity index (χ4n) is 3.49. The van der Waals surface area contributed by atoms with Gasteiger partial charge in [-0.3, -0.25) is 0 Å². The molecule has 20 heavy (non-hydrogen) atoms. The van der Waals surface area contributed by atoms with E-state index in [1.165, 1.54) is 37.5 Å². The predicted molar refractivity (Wildman–Crippen MR) is 78.5 cm³/mol. The topological polar surface area (TPSA) is 12.0 Å². The van der Waals surface area contributed by atoms with Gasteiger partial charge < -0.3 is 5.32 Å². The van der Waals surface area contributed by atoms with Gasteiger partial charge in [0.05, 0.1) is 0 Å². The van der Waals surface area contributed by atoms with Gasteiger partial charge >= 0.3 is 0 Å². The molecule has 1 nitrogen and oxygen atoms in total. The molecule has 0 spiro atoms. The van der Waals surface area contributed by atoms with E-state index in [4.69, 9.17) is 0 Å². The van der Waals surface area contributed by atoms with Crippen LogP contribution in [-0.2, 0) is 0 Å². The number of hydrogen-bond donors (Lipinski definition) is 1. The molecule has 112 valence electrons. The maximum Gasteiger partial charge on any atom is 0.130 e. The maximum atomic E-state index is 13.8. The molecule has 0 bridgehead atoms. The zero-order chi connectivity index (χ0) is 14.7. The molecule has 0 amide bonds. The molecule has 1 aromatic rings. The molecular formula is C17H25F2N. The van der Waals surface area contributed by atoms with Crippen LogP contribution in [-0.4, -0.2) is 6.04 Å². The van der Waals surface area contributed by atoms with Gasteiger partial charge in [-0.2, -0.15) is 0 Å². The van der Waals surface area contributed by atoms with Crippen LogP contribution in [0.3, 0.4) is 0 Å². The fourth-order valence-corrected chi connectivity index (χ4v) is 3.49. The third-order valence-electron chi connectivity index (χ3n) is 4.57. The molecule has 1 N–H and O–H groups in total. The summed E-state index contributed by atoms with van der Waals surface area (Å²) in [7, 11) is 0. The molecular weight excluding hydrogens is 256 g/mol. The third-order valence-corrected chi connectivity index (χ3v) is 4.57. The standard InChI is InChI=1S/C17H25F2N/c1-11(2)13-7-4-5-10-16(13)20-12(3)17-14(18)8-6-9-15(17)19/h6,8-9,11-13,16,20H,4-5,7,10H2,1-3H3. The lowest BCUT2D eigenvalue weighted by Gasteiger charge is -2.37. The van der Waals surface area contributed by atoms with Crippen LogP contribution in [0.4, 0.5) is 8.78 Å². The number of nitrogens with one attached hydrogen (secondary N) is 1. The third kappa shape index (κ3) is 3.38. The zero-order valence-corrected chi connectivity index (χ0v) is 12.6. The van der Waals surface area contributed by atoms with E-state index in [0.29, 0.717) is 17.9 Å². The quantitative estimate of drug-likeness (QED) is 0.833. The molecule has 3 heteroatoms. The first-order chi connectivity index (χ1) is 9.50. The Bertz CT molecular complexity index is 424. The summed E-state index contributed by atoms with van der Waals surface area (Å²) in [6.45, 7) is 6.32. The first-order valence-electron chi connectivity index (χ1n) is 7.70. The van der Waals surface area contributed by atoms with Crippen LogP contribution in [0.5, 0.6) is 0 Å². The van der Waals surface area contributed by atoms with Crippen molar-refractivity contribution < 1.29 is 8.78 Å². The molecule has 1 aromatic carbocycles. The number of hydrogen-bond acceptors (Lipinski definition) is 1. The molecule has 3 unspecified atom stereocenters. The molecule has 0 saturated heterocycles. The highest BCUT2D eigenvalue weighted by molar-refractivity contribution is 5.23. The molecule has 1 aliphatic carbocycles. The van der Waals surface area contributed by atoms with E-state index in [-0.39, 0.29) is 11.6 Å². The van der Waals surface area contributed by atoms with Crippen molar-refractivity contribution in [3.8, 4) is 0 Å². The summed E-state index contributed by atoms with van der Waals surface area (Å²) >= 11 is 0. The highest BCUT2D eigenvalue weighted by atomic mass is 19.1. The second-order valence-electron chi connectivity index (χ2n) is 6.32. The highest BCUT2D eigenvalue weighted by Crippen LogP contribution is 2.32. The summed E-state index contributed by atoms with van der Waals surface area (Å²) in [6.07, 6.45) is 4.78. The smallest absolute Gasteiger partial charge is 0.130 e. The SMILES string of the molecule is CC(NC1CCCCC1C(C)C)c1c(F)cccc1F. The van der Waals surface area contributed by atoms with Crippen LogP contribution < -0.4 is 5.32 Å². The van der Waals surface area contributed by atoms with E-state index in [2.05, 4.69) is 19.2 Å². The van der Waals surface area contributed by atoms with Gasteiger partial charge in [0.1, 0.15) is 11.6 Å². The first kappa shape index (κ1) is 15.4. The lowest BCUT2D eigenvalue weighted by atomic mass is 9.77. The largest absolute Gasteiger partial charge is 0.307 e. The van der Waals surface area contributed by atoms with Crippen LogP contribution in [0.15, 0.2) is 18.2 Å². The second kappa shape index (κ2) is 6.66. The molecule has 0 aromatic heterocycles. The van der Waals surface area contributed by atoms with Crippen molar-refractivity contribution in [2.45, 2.75) is 58.5 Å². The summed E-state index contributed by atoms with van der Waals surface area (Å²) in [5.74, 6) is 0.287. The predicted octanol–water partition coefficient (Wildman–Crippen LogP) is 4.83. The summed E-state index contributed by atoms with van der Waals surface area (Å²) < 4.78 is 27.7. The van der Waals surface area contributed by atoms with Crippen molar-refractivity contribution in [1.82, 2.24) is 5.32 Å². The molecule has 0 radical (unpaired) electrons. The van der Waals surface area contributed by atoms with Crippen LogP contribution in [0.25, 0.3) is 0 Å². The Morgan fingerprint density at radius 1 is 1.05 bits per heavy atom. The number of benzene rings is 1. The Morgan fingerprint density at radius 2 is 1.65 bits per heavy atom. The van der Waals surface area contributed by atoms with Gasteiger partial charge in [-0.1, -0.05) is 32.8 Å². The van der Waals surface area contributed by atoms with Crippen molar-refractivity contribution in [1.29, 1.82) is 0 Å². The Hall–Kier alpha value is -0.960. The number of rotatable bonds is 4. The molecule has 2 rings (SSSR count). The summed E-state index contributed by atoms with van der Waals surface area (Å²) in [5.41, 5.74) is 0.167. The minimum absolute atomic E-state index is 0.167. The van der Waals surface area contributed by atoms with E-state index in [1.54, 1.807) is 0 Å². The lowest BCUT2D eigenvalue weighted by Crippen LogP contribution is -2.42. The van der Waals surface area contributed by atoms with Crippen LogP contribution in [0.1, 0.15) is 58.1 Å². The van der Waals surface area contributed by atoms with Crippen molar-refractivity contribution in [3.63, 3.8) is 0 Å². The molecule has 0 aliphatic heterocycles. The zero-order valence-electron chi connectivity index (χ0n) is 12.6. The van der Waals surface area contributed by atoms with Crippen LogP contribution in [0, 0.1) is 23.5 Å². The Labute approximate surface area is 120 Å². The fraction of sp³-hybridized carbons (Fsp3) is 0.647. The number of halogens is 2. The summed E-state index contributed by atoms with van der Waals surface area (Å²) in [4.78, 5) is 0. The van der Waals surface area contributed by atoms with Gasteiger partial charge in [0.2, 0.25) is 0 Å². The highest BCUT2D eigenvalue weighted by Gasteiger charge is 2.29. The van der Waals surface area contributed by atoms with Crippen LogP contribution >= 0.6 is 0 Å². The normalized spacial score (nSPS) is 24.9. The van der Waals surface area contributed by atoms with Gasteiger partial charge in [-0.15, -0.1) is 0 Å². The van der Waals surface area contributed by atoms with Crippen molar-refractivity contribution in [3.05, 3.63) is 35.4 Å². The van der Waals surface area contributed by atoms with Gasteiger partial charge in [-0.05, 0) is 43.7 Å². The molecule has 1 fully saturated rings. The van der Waals surface area contributed by atoms with Crippen LogP contribution in [0.2, 0.25) is 0 Å². The molecule has 1 aliphatic rings. The minimum atomic E-state index is -0.457. The van der Waals surface area contributed by atoms with Crippen molar-refractivity contribution >= 4 is 0 Å². The molecule has 3 atom stereocenters. The molecule has 0 heterocycles. The Morgan fingerprint density at radius 3 is 2.25 bits per heavy atom. The van der Waals surface area contributed by atoms with Gasteiger partial charge in [0.25, 0.3) is 0 Å². The van der Waals surface area contributed by atoms with Crippen molar-refractivity contribution in [2.75, 3.05) is 0 Å². The van der Waals surface area contributed by atoms with E-state index in [0.717, 1.165) is 6.42 Å². The van der Waals surface area contributed by atoms with E-state index < -0.39 is 11.6 Å². The van der Waals surface area contributed by atoms with E-state index in [1.807, 2.05) is 6.92 Å². The average molecular weight is 281 g/mol. The Kier molecular flexibility index (Phi) is 5.14. The summed E-state index contributed by atoms with van der Waals surface area (Å²) in [6, 6.07) is 4.14. The average Bonchev–Trinajstić information content (AvgIpc) is 2.38. The van der Waals surface area contributed by atoms with Gasteiger partial charge in [0, 0.05) is 17.6 Å². The Balaban J connectivity index is 2.12. The lowest BCUT2D eigenvalue weighted by molar-refractivity contribution is 0.193.